The molecule has 0 aromatic heterocycles. The summed E-state index contributed by atoms with van der Waals surface area (Å²) in [6.45, 7) is 4.33. The van der Waals surface area contributed by atoms with Crippen LogP contribution in [0.2, 0.25) is 0 Å². The third-order valence-electron chi connectivity index (χ3n) is 3.85. The number of hydrazone groups is 1. The molecule has 1 N–H and O–H groups in total. The number of ether oxygens (including phenoxy) is 1. The summed E-state index contributed by atoms with van der Waals surface area (Å²) in [5.74, 6) is 2.07. The first-order chi connectivity index (χ1) is 12.2. The fourth-order valence-corrected chi connectivity index (χ4v) is 2.54. The second-order valence-electron chi connectivity index (χ2n) is 6.07. The third kappa shape index (κ3) is 4.48. The largest absolute Gasteiger partial charge is 0.456 e. The van der Waals surface area contributed by atoms with Gasteiger partial charge in [0.2, 0.25) is 0 Å². The molecule has 3 nitrogen and oxygen atoms in total. The molecule has 0 atom stereocenters. The zero-order valence-corrected chi connectivity index (χ0v) is 14.5. The van der Waals surface area contributed by atoms with Crippen LogP contribution in [0, 0.1) is 0 Å². The molecule has 0 fully saturated rings. The predicted octanol–water partition coefficient (Wildman–Crippen LogP) is 6.05. The van der Waals surface area contributed by atoms with Gasteiger partial charge in [0.1, 0.15) is 11.5 Å². The van der Waals surface area contributed by atoms with E-state index in [0.717, 1.165) is 22.7 Å². The molecular formula is C22H22N2O. The highest BCUT2D eigenvalue weighted by Crippen LogP contribution is 2.31. The minimum Gasteiger partial charge on any atom is -0.456 e. The van der Waals surface area contributed by atoms with Gasteiger partial charge in [0.05, 0.1) is 11.9 Å². The Bertz CT molecular complexity index is 841. The lowest BCUT2D eigenvalue weighted by molar-refractivity contribution is 0.472. The molecule has 0 aliphatic heterocycles. The summed E-state index contributed by atoms with van der Waals surface area (Å²) in [4.78, 5) is 0. The molecule has 3 heteroatoms. The molecule has 0 heterocycles. The molecular weight excluding hydrogens is 308 g/mol. The fourth-order valence-electron chi connectivity index (χ4n) is 2.54. The number of hydrogen-bond acceptors (Lipinski definition) is 3. The highest BCUT2D eigenvalue weighted by molar-refractivity contribution is 5.84. The number of hydrogen-bond donors (Lipinski definition) is 1. The molecule has 0 aliphatic carbocycles. The van der Waals surface area contributed by atoms with Crippen molar-refractivity contribution in [2.24, 2.45) is 5.10 Å². The summed E-state index contributed by atoms with van der Waals surface area (Å²) in [7, 11) is 0. The zero-order chi connectivity index (χ0) is 17.5. The van der Waals surface area contributed by atoms with Crippen molar-refractivity contribution in [2.75, 3.05) is 5.43 Å². The lowest BCUT2D eigenvalue weighted by atomic mass is 10.0. The summed E-state index contributed by atoms with van der Waals surface area (Å²) >= 11 is 0. The van der Waals surface area contributed by atoms with E-state index in [1.165, 1.54) is 5.56 Å². The quantitative estimate of drug-likeness (QED) is 0.441. The maximum atomic E-state index is 6.19. The first-order valence-corrected chi connectivity index (χ1v) is 8.44. The number of anilines is 1. The van der Waals surface area contributed by atoms with Crippen LogP contribution in [-0.2, 0) is 0 Å². The van der Waals surface area contributed by atoms with Crippen molar-refractivity contribution in [1.82, 2.24) is 0 Å². The van der Waals surface area contributed by atoms with Crippen LogP contribution in [0.15, 0.2) is 84.0 Å². The Morgan fingerprint density at radius 2 is 1.44 bits per heavy atom. The van der Waals surface area contributed by atoms with Crippen molar-refractivity contribution in [3.63, 3.8) is 0 Å². The Kier molecular flexibility index (Phi) is 5.47. The SMILES string of the molecule is CC(C)c1ccccc1Oc1ccccc1C=NNc1ccccc1. The Balaban J connectivity index is 1.80. The summed E-state index contributed by atoms with van der Waals surface area (Å²) in [6, 6.07) is 25.9. The number of nitrogens with zero attached hydrogens (tertiary/aromatic N) is 1. The molecule has 0 bridgehead atoms. The zero-order valence-electron chi connectivity index (χ0n) is 14.5. The average Bonchev–Trinajstić information content (AvgIpc) is 2.64. The van der Waals surface area contributed by atoms with Crippen LogP contribution in [-0.4, -0.2) is 6.21 Å². The van der Waals surface area contributed by atoms with Crippen molar-refractivity contribution >= 4 is 11.9 Å². The van der Waals surface area contributed by atoms with E-state index < -0.39 is 0 Å². The molecule has 126 valence electrons. The number of para-hydroxylation sites is 3. The Morgan fingerprint density at radius 1 is 0.800 bits per heavy atom. The number of rotatable bonds is 6. The molecule has 0 amide bonds. The minimum atomic E-state index is 0.400. The Hall–Kier alpha value is -3.07. The molecule has 0 saturated heterocycles. The van der Waals surface area contributed by atoms with Gasteiger partial charge in [0, 0.05) is 5.56 Å². The van der Waals surface area contributed by atoms with Crippen LogP contribution in [0.25, 0.3) is 0 Å². The summed E-state index contributed by atoms with van der Waals surface area (Å²) in [5.41, 5.74) is 6.09. The minimum absolute atomic E-state index is 0.400. The highest BCUT2D eigenvalue weighted by Gasteiger charge is 2.09. The molecule has 0 radical (unpaired) electrons. The van der Waals surface area contributed by atoms with Gasteiger partial charge in [-0.05, 0) is 41.8 Å². The van der Waals surface area contributed by atoms with Crippen molar-refractivity contribution in [1.29, 1.82) is 0 Å². The highest BCUT2D eigenvalue weighted by atomic mass is 16.5. The first kappa shape index (κ1) is 16.8. The van der Waals surface area contributed by atoms with Gasteiger partial charge < -0.3 is 4.74 Å². The lowest BCUT2D eigenvalue weighted by Gasteiger charge is -2.14. The van der Waals surface area contributed by atoms with E-state index in [0.29, 0.717) is 5.92 Å². The number of nitrogens with one attached hydrogen (secondary N) is 1. The van der Waals surface area contributed by atoms with E-state index in [1.807, 2.05) is 72.8 Å². The van der Waals surface area contributed by atoms with E-state index in [1.54, 1.807) is 6.21 Å². The maximum absolute atomic E-state index is 6.19. The van der Waals surface area contributed by atoms with Crippen molar-refractivity contribution in [3.05, 3.63) is 90.0 Å². The topological polar surface area (TPSA) is 33.6 Å². The molecule has 25 heavy (non-hydrogen) atoms. The van der Waals surface area contributed by atoms with Crippen molar-refractivity contribution in [2.45, 2.75) is 19.8 Å². The Morgan fingerprint density at radius 3 is 2.20 bits per heavy atom. The van der Waals surface area contributed by atoms with E-state index in [4.69, 9.17) is 4.74 Å². The van der Waals surface area contributed by atoms with Crippen LogP contribution in [0.1, 0.15) is 30.9 Å². The van der Waals surface area contributed by atoms with Crippen LogP contribution in [0.5, 0.6) is 11.5 Å². The van der Waals surface area contributed by atoms with Crippen LogP contribution < -0.4 is 10.2 Å². The second kappa shape index (κ2) is 8.15. The normalized spacial score (nSPS) is 11.0. The van der Waals surface area contributed by atoms with E-state index >= 15 is 0 Å². The summed E-state index contributed by atoms with van der Waals surface area (Å²) in [6.07, 6.45) is 1.78. The van der Waals surface area contributed by atoms with Crippen LogP contribution in [0.3, 0.4) is 0 Å². The molecule has 3 aromatic carbocycles. The molecule has 0 aliphatic rings. The lowest BCUT2D eigenvalue weighted by Crippen LogP contribution is -1.97. The van der Waals surface area contributed by atoms with Crippen molar-refractivity contribution in [3.8, 4) is 11.5 Å². The summed E-state index contributed by atoms with van der Waals surface area (Å²) < 4.78 is 6.19. The maximum Gasteiger partial charge on any atom is 0.136 e. The van der Waals surface area contributed by atoms with Gasteiger partial charge in [-0.25, -0.2) is 0 Å². The van der Waals surface area contributed by atoms with E-state index in [9.17, 15) is 0 Å². The molecule has 3 aromatic rings. The van der Waals surface area contributed by atoms with Gasteiger partial charge in [-0.2, -0.15) is 5.10 Å². The van der Waals surface area contributed by atoms with E-state index in [2.05, 4.69) is 30.4 Å². The standard InChI is InChI=1S/C22H22N2O/c1-17(2)20-13-7-9-15-22(20)25-21-14-8-6-10-18(21)16-23-24-19-11-4-3-5-12-19/h3-17,24H,1-2H3. The third-order valence-corrected chi connectivity index (χ3v) is 3.85. The predicted molar refractivity (Wildman–Crippen MR) is 105 cm³/mol. The fraction of sp³-hybridized carbons (Fsp3) is 0.136. The van der Waals surface area contributed by atoms with Gasteiger partial charge in [0.15, 0.2) is 0 Å². The number of benzene rings is 3. The Labute approximate surface area is 149 Å². The van der Waals surface area contributed by atoms with Crippen LogP contribution in [0.4, 0.5) is 5.69 Å². The van der Waals surface area contributed by atoms with Crippen LogP contribution >= 0.6 is 0 Å². The van der Waals surface area contributed by atoms with Gasteiger partial charge >= 0.3 is 0 Å². The molecule has 3 rings (SSSR count). The molecule has 0 unspecified atom stereocenters. The van der Waals surface area contributed by atoms with Gasteiger partial charge in [-0.1, -0.05) is 62.4 Å². The van der Waals surface area contributed by atoms with Gasteiger partial charge in [0.25, 0.3) is 0 Å². The average molecular weight is 330 g/mol. The van der Waals surface area contributed by atoms with Crippen molar-refractivity contribution < 1.29 is 4.74 Å². The molecule has 0 saturated carbocycles. The smallest absolute Gasteiger partial charge is 0.136 e. The van der Waals surface area contributed by atoms with Gasteiger partial charge in [-0.3, -0.25) is 5.43 Å². The summed E-state index contributed by atoms with van der Waals surface area (Å²) in [5, 5.41) is 4.32. The van der Waals surface area contributed by atoms with Gasteiger partial charge in [-0.15, -0.1) is 0 Å². The molecule has 0 spiro atoms. The monoisotopic (exact) mass is 330 g/mol. The van der Waals surface area contributed by atoms with E-state index in [-0.39, 0.29) is 0 Å². The second-order valence-corrected chi connectivity index (χ2v) is 6.07. The first-order valence-electron chi connectivity index (χ1n) is 8.44.